The number of rotatable bonds is 2. The number of urea groups is 1. The Hall–Kier alpha value is -1.57. The summed E-state index contributed by atoms with van der Waals surface area (Å²) in [6.45, 7) is 4.08. The first-order valence-electron chi connectivity index (χ1n) is 6.52. The zero-order valence-electron chi connectivity index (χ0n) is 10.9. The van der Waals surface area contributed by atoms with Gasteiger partial charge in [0.2, 0.25) is 0 Å². The molecule has 3 amide bonds. The first kappa shape index (κ1) is 12.9. The fourth-order valence-electron chi connectivity index (χ4n) is 2.75. The molecule has 1 spiro atoms. The van der Waals surface area contributed by atoms with Gasteiger partial charge >= 0.3 is 6.03 Å². The van der Waals surface area contributed by atoms with E-state index in [1.54, 1.807) is 6.92 Å². The van der Waals surface area contributed by atoms with Gasteiger partial charge in [0.25, 0.3) is 5.91 Å². The summed E-state index contributed by atoms with van der Waals surface area (Å²) < 4.78 is 0. The smallest absolute Gasteiger partial charge is 0.323 e. The zero-order chi connectivity index (χ0) is 13.3. The van der Waals surface area contributed by atoms with Gasteiger partial charge in [0.05, 0.1) is 12.0 Å². The summed E-state index contributed by atoms with van der Waals surface area (Å²) in [5.74, 6) is 0.159. The third-order valence-corrected chi connectivity index (χ3v) is 4.05. The van der Waals surface area contributed by atoms with Gasteiger partial charge in [0, 0.05) is 6.54 Å². The molecule has 5 heteroatoms. The highest BCUT2D eigenvalue weighted by Crippen LogP contribution is 2.36. The fraction of sp³-hybridized carbons (Fsp3) is 0.769. The van der Waals surface area contributed by atoms with Gasteiger partial charge in [-0.1, -0.05) is 6.92 Å². The molecule has 2 rings (SSSR count). The molecule has 0 aromatic rings. The monoisotopic (exact) mass is 249 g/mol. The molecule has 0 aromatic carbocycles. The Labute approximate surface area is 107 Å². The van der Waals surface area contributed by atoms with E-state index < -0.39 is 5.54 Å². The molecule has 1 aliphatic heterocycles. The van der Waals surface area contributed by atoms with Crippen LogP contribution in [0.3, 0.4) is 0 Å². The Morgan fingerprint density at radius 2 is 2.11 bits per heavy atom. The summed E-state index contributed by atoms with van der Waals surface area (Å²) in [6.07, 6.45) is 3.37. The summed E-state index contributed by atoms with van der Waals surface area (Å²) >= 11 is 0. The van der Waals surface area contributed by atoms with Crippen molar-refractivity contribution in [3.8, 4) is 6.07 Å². The van der Waals surface area contributed by atoms with Crippen LogP contribution in [-0.2, 0) is 4.79 Å². The Balaban J connectivity index is 2.12. The van der Waals surface area contributed by atoms with E-state index in [2.05, 4.69) is 18.3 Å². The third kappa shape index (κ3) is 2.07. The summed E-state index contributed by atoms with van der Waals surface area (Å²) in [7, 11) is 0. The third-order valence-electron chi connectivity index (χ3n) is 4.05. The second-order valence-corrected chi connectivity index (χ2v) is 5.64. The SMILES string of the molecule is CC(C#N)CN1C(=O)NC2(CCC(C)CC2)C1=O. The molecule has 1 aliphatic carbocycles. The van der Waals surface area contributed by atoms with Gasteiger partial charge in [-0.3, -0.25) is 9.69 Å². The van der Waals surface area contributed by atoms with E-state index in [0.29, 0.717) is 5.92 Å². The number of nitrogens with one attached hydrogen (secondary N) is 1. The number of nitrogens with zero attached hydrogens (tertiary/aromatic N) is 2. The summed E-state index contributed by atoms with van der Waals surface area (Å²) in [5.41, 5.74) is -0.682. The molecule has 1 N–H and O–H groups in total. The number of carbonyl (C=O) groups is 2. The molecule has 1 atom stereocenters. The van der Waals surface area contributed by atoms with Crippen LogP contribution in [0.5, 0.6) is 0 Å². The first-order chi connectivity index (χ1) is 8.48. The van der Waals surface area contributed by atoms with Crippen LogP contribution in [0.25, 0.3) is 0 Å². The van der Waals surface area contributed by atoms with Crippen LogP contribution in [0, 0.1) is 23.2 Å². The van der Waals surface area contributed by atoms with Crippen LogP contribution in [-0.4, -0.2) is 28.9 Å². The minimum atomic E-state index is -0.682. The van der Waals surface area contributed by atoms with E-state index in [4.69, 9.17) is 5.26 Å². The highest BCUT2D eigenvalue weighted by molar-refractivity contribution is 6.07. The van der Waals surface area contributed by atoms with E-state index in [1.807, 2.05) is 0 Å². The van der Waals surface area contributed by atoms with Gasteiger partial charge in [-0.25, -0.2) is 4.79 Å². The molecule has 0 radical (unpaired) electrons. The number of amides is 3. The van der Waals surface area contributed by atoms with Crippen LogP contribution in [0.1, 0.15) is 39.5 Å². The lowest BCUT2D eigenvalue weighted by molar-refractivity contribution is -0.132. The maximum Gasteiger partial charge on any atom is 0.325 e. The Bertz CT molecular complexity index is 405. The Kier molecular flexibility index (Phi) is 3.29. The van der Waals surface area contributed by atoms with Crippen molar-refractivity contribution in [3.05, 3.63) is 0 Å². The van der Waals surface area contributed by atoms with Gasteiger partial charge in [-0.05, 0) is 38.5 Å². The maximum absolute atomic E-state index is 12.4. The predicted molar refractivity (Wildman–Crippen MR) is 65.4 cm³/mol. The Morgan fingerprint density at radius 3 is 2.67 bits per heavy atom. The van der Waals surface area contributed by atoms with E-state index in [9.17, 15) is 9.59 Å². The molecule has 0 bridgehead atoms. The second kappa shape index (κ2) is 4.60. The van der Waals surface area contributed by atoms with E-state index >= 15 is 0 Å². The number of hydrogen-bond donors (Lipinski definition) is 1. The average molecular weight is 249 g/mol. The highest BCUT2D eigenvalue weighted by atomic mass is 16.2. The number of imide groups is 1. The highest BCUT2D eigenvalue weighted by Gasteiger charge is 2.52. The molecule has 2 fully saturated rings. The molecule has 1 saturated heterocycles. The van der Waals surface area contributed by atoms with Crippen LogP contribution in [0.4, 0.5) is 4.79 Å². The van der Waals surface area contributed by atoms with Gasteiger partial charge in [-0.15, -0.1) is 0 Å². The van der Waals surface area contributed by atoms with E-state index in [-0.39, 0.29) is 24.4 Å². The quantitative estimate of drug-likeness (QED) is 0.756. The van der Waals surface area contributed by atoms with Crippen molar-refractivity contribution in [3.63, 3.8) is 0 Å². The van der Waals surface area contributed by atoms with Crippen molar-refractivity contribution >= 4 is 11.9 Å². The van der Waals surface area contributed by atoms with Crippen LogP contribution in [0.15, 0.2) is 0 Å². The largest absolute Gasteiger partial charge is 0.325 e. The van der Waals surface area contributed by atoms with Crippen LogP contribution < -0.4 is 5.32 Å². The number of nitriles is 1. The normalized spacial score (nSPS) is 33.4. The van der Waals surface area contributed by atoms with Gasteiger partial charge in [-0.2, -0.15) is 5.26 Å². The van der Waals surface area contributed by atoms with Crippen LogP contribution in [0.2, 0.25) is 0 Å². The van der Waals surface area contributed by atoms with E-state index in [0.717, 1.165) is 25.7 Å². The molecular weight excluding hydrogens is 230 g/mol. The predicted octanol–water partition coefficient (Wildman–Crippen LogP) is 1.65. The minimum absolute atomic E-state index is 0.137. The van der Waals surface area contributed by atoms with Crippen molar-refractivity contribution < 1.29 is 9.59 Å². The number of carbonyl (C=O) groups excluding carboxylic acids is 2. The molecule has 1 heterocycles. The summed E-state index contributed by atoms with van der Waals surface area (Å²) in [6, 6.07) is 1.72. The fourth-order valence-corrected chi connectivity index (χ4v) is 2.75. The van der Waals surface area contributed by atoms with Crippen molar-refractivity contribution in [2.45, 2.75) is 45.1 Å². The lowest BCUT2D eigenvalue weighted by atomic mass is 9.77. The summed E-state index contributed by atoms with van der Waals surface area (Å²) in [5, 5.41) is 11.6. The Morgan fingerprint density at radius 1 is 1.50 bits per heavy atom. The number of hydrogen-bond acceptors (Lipinski definition) is 3. The van der Waals surface area contributed by atoms with Gasteiger partial charge in [0.15, 0.2) is 0 Å². The summed E-state index contributed by atoms with van der Waals surface area (Å²) in [4.78, 5) is 25.5. The van der Waals surface area contributed by atoms with E-state index in [1.165, 1.54) is 4.90 Å². The van der Waals surface area contributed by atoms with Crippen molar-refractivity contribution in [1.29, 1.82) is 5.26 Å². The topological polar surface area (TPSA) is 73.2 Å². The van der Waals surface area contributed by atoms with Crippen molar-refractivity contribution in [2.24, 2.45) is 11.8 Å². The van der Waals surface area contributed by atoms with Gasteiger partial charge < -0.3 is 5.32 Å². The van der Waals surface area contributed by atoms with Crippen LogP contribution >= 0.6 is 0 Å². The minimum Gasteiger partial charge on any atom is -0.323 e. The molecule has 1 saturated carbocycles. The van der Waals surface area contributed by atoms with Crippen molar-refractivity contribution in [2.75, 3.05) is 6.54 Å². The molecule has 1 unspecified atom stereocenters. The molecule has 5 nitrogen and oxygen atoms in total. The van der Waals surface area contributed by atoms with Gasteiger partial charge in [0.1, 0.15) is 5.54 Å². The molecule has 18 heavy (non-hydrogen) atoms. The molecular formula is C13H19N3O2. The molecule has 98 valence electrons. The second-order valence-electron chi connectivity index (χ2n) is 5.64. The standard InChI is InChI=1S/C13H19N3O2/c1-9-3-5-13(6-4-9)11(17)16(12(18)15-13)8-10(2)7-14/h9-10H,3-6,8H2,1-2H3,(H,15,18). The zero-order valence-corrected chi connectivity index (χ0v) is 10.9. The van der Waals surface area contributed by atoms with Crippen molar-refractivity contribution in [1.82, 2.24) is 10.2 Å². The molecule has 2 aliphatic rings. The lowest BCUT2D eigenvalue weighted by Crippen LogP contribution is -2.49. The maximum atomic E-state index is 12.4. The first-order valence-corrected chi connectivity index (χ1v) is 6.52. The lowest BCUT2D eigenvalue weighted by Gasteiger charge is -2.33. The molecule has 0 aromatic heterocycles. The average Bonchev–Trinajstić information content (AvgIpc) is 2.58.